The van der Waals surface area contributed by atoms with Gasteiger partial charge in [-0.05, 0) is 39.0 Å². The van der Waals surface area contributed by atoms with Crippen LogP contribution in [0, 0.1) is 0 Å². The van der Waals surface area contributed by atoms with Gasteiger partial charge in [0.1, 0.15) is 6.54 Å². The lowest BCUT2D eigenvalue weighted by Gasteiger charge is -2.26. The van der Waals surface area contributed by atoms with Gasteiger partial charge in [0.15, 0.2) is 0 Å². The number of carbonyl (C=O) groups excluding carboxylic acids is 2. The topological polar surface area (TPSA) is 55.8 Å². The molecule has 108 valence electrons. The summed E-state index contributed by atoms with van der Waals surface area (Å²) in [5.74, 6) is -0.283. The van der Waals surface area contributed by atoms with Crippen molar-refractivity contribution in [2.75, 3.05) is 19.8 Å². The number of nitrogens with zero attached hydrogens (tertiary/aromatic N) is 1. The predicted octanol–water partition coefficient (Wildman–Crippen LogP) is 1.50. The normalized spacial score (nSPS) is 22.9. The van der Waals surface area contributed by atoms with Crippen LogP contribution in [0.3, 0.4) is 0 Å². The summed E-state index contributed by atoms with van der Waals surface area (Å²) < 4.78 is 10.5. The van der Waals surface area contributed by atoms with Crippen LogP contribution in [-0.4, -0.2) is 48.7 Å². The first kappa shape index (κ1) is 14.3. The number of hydrogen-bond acceptors (Lipinski definition) is 4. The molecule has 0 aromatic rings. The van der Waals surface area contributed by atoms with Crippen LogP contribution in [-0.2, 0) is 19.1 Å². The van der Waals surface area contributed by atoms with Crippen LogP contribution in [0.2, 0.25) is 0 Å². The average molecular weight is 269 g/mol. The molecule has 2 fully saturated rings. The van der Waals surface area contributed by atoms with Gasteiger partial charge in [-0.2, -0.15) is 0 Å². The Bertz CT molecular complexity index is 321. The first-order valence-corrected chi connectivity index (χ1v) is 7.27. The van der Waals surface area contributed by atoms with E-state index in [1.165, 1.54) is 0 Å². The third-order valence-electron chi connectivity index (χ3n) is 3.59. The van der Waals surface area contributed by atoms with Gasteiger partial charge in [-0.15, -0.1) is 0 Å². The summed E-state index contributed by atoms with van der Waals surface area (Å²) in [6.45, 7) is 2.97. The van der Waals surface area contributed by atoms with Crippen LogP contribution >= 0.6 is 0 Å². The Morgan fingerprint density at radius 2 is 2.05 bits per heavy atom. The molecule has 2 rings (SSSR count). The maximum atomic E-state index is 12.3. The fraction of sp³-hybridized carbons (Fsp3) is 0.857. The highest BCUT2D eigenvalue weighted by Crippen LogP contribution is 2.28. The second-order valence-electron chi connectivity index (χ2n) is 5.25. The molecule has 0 aromatic carbocycles. The molecule has 0 radical (unpaired) electrons. The maximum absolute atomic E-state index is 12.3. The Labute approximate surface area is 114 Å². The van der Waals surface area contributed by atoms with Crippen molar-refractivity contribution in [3.63, 3.8) is 0 Å². The van der Waals surface area contributed by atoms with Gasteiger partial charge in [0, 0.05) is 12.6 Å². The van der Waals surface area contributed by atoms with Crippen molar-refractivity contribution >= 4 is 11.9 Å². The van der Waals surface area contributed by atoms with E-state index in [-0.39, 0.29) is 30.6 Å². The Balaban J connectivity index is 1.83. The highest BCUT2D eigenvalue weighted by Gasteiger charge is 2.35. The van der Waals surface area contributed by atoms with Crippen molar-refractivity contribution in [1.29, 1.82) is 0 Å². The third kappa shape index (κ3) is 4.49. The van der Waals surface area contributed by atoms with Gasteiger partial charge in [-0.1, -0.05) is 0 Å². The molecular weight excluding hydrogens is 246 g/mol. The fourth-order valence-corrected chi connectivity index (χ4v) is 2.43. The van der Waals surface area contributed by atoms with Crippen molar-refractivity contribution in [3.05, 3.63) is 0 Å². The average Bonchev–Trinajstić information content (AvgIpc) is 3.21. The highest BCUT2D eigenvalue weighted by atomic mass is 16.5. The highest BCUT2D eigenvalue weighted by molar-refractivity contribution is 5.83. The summed E-state index contributed by atoms with van der Waals surface area (Å²) in [7, 11) is 0. The summed E-state index contributed by atoms with van der Waals surface area (Å²) >= 11 is 0. The molecule has 19 heavy (non-hydrogen) atoms. The molecule has 1 atom stereocenters. The number of ether oxygens (including phenoxy) is 2. The Morgan fingerprint density at radius 3 is 2.63 bits per heavy atom. The molecule has 1 aliphatic heterocycles. The largest absolute Gasteiger partial charge is 0.465 e. The molecule has 0 aromatic heterocycles. The second kappa shape index (κ2) is 6.89. The molecule has 5 heteroatoms. The third-order valence-corrected chi connectivity index (χ3v) is 3.59. The van der Waals surface area contributed by atoms with Crippen LogP contribution in [0.4, 0.5) is 0 Å². The quantitative estimate of drug-likeness (QED) is 0.686. The number of hydrogen-bond donors (Lipinski definition) is 0. The number of amides is 1. The van der Waals surface area contributed by atoms with E-state index in [9.17, 15) is 9.59 Å². The Kier molecular flexibility index (Phi) is 5.19. The molecule has 0 bridgehead atoms. The van der Waals surface area contributed by atoms with Crippen LogP contribution in [0.5, 0.6) is 0 Å². The van der Waals surface area contributed by atoms with Gasteiger partial charge in [-0.25, -0.2) is 0 Å². The van der Waals surface area contributed by atoms with Gasteiger partial charge in [-0.3, -0.25) is 9.59 Å². The smallest absolute Gasteiger partial charge is 0.325 e. The summed E-state index contributed by atoms with van der Waals surface area (Å²) in [6, 6.07) is 0.237. The molecule has 1 saturated carbocycles. The predicted molar refractivity (Wildman–Crippen MR) is 69.6 cm³/mol. The van der Waals surface area contributed by atoms with E-state index >= 15 is 0 Å². The lowest BCUT2D eigenvalue weighted by Crippen LogP contribution is -2.40. The summed E-state index contributed by atoms with van der Waals surface area (Å²) in [5.41, 5.74) is 0. The van der Waals surface area contributed by atoms with Crippen LogP contribution < -0.4 is 0 Å². The van der Waals surface area contributed by atoms with Crippen molar-refractivity contribution in [2.24, 2.45) is 0 Å². The van der Waals surface area contributed by atoms with Crippen LogP contribution in [0.15, 0.2) is 0 Å². The molecule has 1 heterocycles. The van der Waals surface area contributed by atoms with E-state index in [2.05, 4.69) is 0 Å². The molecule has 0 spiro atoms. The second-order valence-corrected chi connectivity index (χ2v) is 5.25. The summed E-state index contributed by atoms with van der Waals surface area (Å²) in [4.78, 5) is 25.5. The minimum absolute atomic E-state index is 0.0300. The molecule has 0 N–H and O–H groups in total. The van der Waals surface area contributed by atoms with E-state index in [1.807, 2.05) is 0 Å². The zero-order chi connectivity index (χ0) is 13.7. The molecule has 1 aliphatic carbocycles. The molecule has 1 unspecified atom stereocenters. The van der Waals surface area contributed by atoms with Gasteiger partial charge < -0.3 is 14.4 Å². The lowest BCUT2D eigenvalue weighted by atomic mass is 10.1. The minimum Gasteiger partial charge on any atom is -0.465 e. The van der Waals surface area contributed by atoms with E-state index in [4.69, 9.17) is 9.47 Å². The van der Waals surface area contributed by atoms with Crippen molar-refractivity contribution in [3.8, 4) is 0 Å². The van der Waals surface area contributed by atoms with E-state index in [1.54, 1.807) is 11.8 Å². The Hall–Kier alpha value is -1.10. The lowest BCUT2D eigenvalue weighted by molar-refractivity contribution is -0.150. The van der Waals surface area contributed by atoms with Gasteiger partial charge in [0.2, 0.25) is 5.91 Å². The SMILES string of the molecule is CCOC(=O)CN(C(=O)CC1CCCCO1)C1CC1. The van der Waals surface area contributed by atoms with E-state index in [0.29, 0.717) is 13.0 Å². The zero-order valence-corrected chi connectivity index (χ0v) is 11.6. The van der Waals surface area contributed by atoms with Crippen molar-refractivity contribution < 1.29 is 19.1 Å². The number of rotatable bonds is 6. The molecule has 1 saturated heterocycles. The number of carbonyl (C=O) groups is 2. The first-order valence-electron chi connectivity index (χ1n) is 7.27. The standard InChI is InChI=1S/C14H23NO4/c1-2-18-14(17)10-15(11-6-7-11)13(16)9-12-5-3-4-8-19-12/h11-12H,2-10H2,1H3. The number of esters is 1. The van der Waals surface area contributed by atoms with Gasteiger partial charge in [0.25, 0.3) is 0 Å². The fourth-order valence-electron chi connectivity index (χ4n) is 2.43. The summed E-state index contributed by atoms with van der Waals surface area (Å²) in [6.07, 6.45) is 5.58. The molecule has 5 nitrogen and oxygen atoms in total. The summed E-state index contributed by atoms with van der Waals surface area (Å²) in [5, 5.41) is 0. The molecular formula is C14H23NO4. The Morgan fingerprint density at radius 1 is 1.26 bits per heavy atom. The van der Waals surface area contributed by atoms with Crippen LogP contribution in [0.1, 0.15) is 45.4 Å². The molecule has 2 aliphatic rings. The molecule has 1 amide bonds. The van der Waals surface area contributed by atoms with E-state index < -0.39 is 0 Å². The minimum atomic E-state index is -0.313. The van der Waals surface area contributed by atoms with Crippen molar-refractivity contribution in [2.45, 2.75) is 57.6 Å². The van der Waals surface area contributed by atoms with Gasteiger partial charge >= 0.3 is 5.97 Å². The van der Waals surface area contributed by atoms with Gasteiger partial charge in [0.05, 0.1) is 19.1 Å². The monoisotopic (exact) mass is 269 g/mol. The zero-order valence-electron chi connectivity index (χ0n) is 11.6. The van der Waals surface area contributed by atoms with Crippen molar-refractivity contribution in [1.82, 2.24) is 4.90 Å². The first-order chi connectivity index (χ1) is 9.20. The van der Waals surface area contributed by atoms with Crippen LogP contribution in [0.25, 0.3) is 0 Å². The van der Waals surface area contributed by atoms with E-state index in [0.717, 1.165) is 38.7 Å². The maximum Gasteiger partial charge on any atom is 0.325 e.